The Morgan fingerprint density at radius 1 is 1.25 bits per heavy atom. The van der Waals surface area contributed by atoms with Gasteiger partial charge in [0.2, 0.25) is 11.8 Å². The van der Waals surface area contributed by atoms with E-state index in [9.17, 15) is 9.59 Å². The lowest BCUT2D eigenvalue weighted by atomic mass is 10.0. The Labute approximate surface area is 121 Å². The summed E-state index contributed by atoms with van der Waals surface area (Å²) in [4.78, 5) is 25.7. The van der Waals surface area contributed by atoms with E-state index in [1.165, 1.54) is 0 Å². The van der Waals surface area contributed by atoms with Gasteiger partial charge < -0.3 is 20.3 Å². The molecule has 1 atom stereocenters. The summed E-state index contributed by atoms with van der Waals surface area (Å²) >= 11 is 0. The SMILES string of the molecule is CCC(=O)N1CCCCC1C(=O)NCCNCCOC. The minimum Gasteiger partial charge on any atom is -0.383 e. The molecule has 0 spiro atoms. The molecule has 116 valence electrons. The molecular formula is C14H27N3O3. The maximum absolute atomic E-state index is 12.2. The number of likely N-dealkylation sites (tertiary alicyclic amines) is 1. The molecule has 0 radical (unpaired) electrons. The van der Waals surface area contributed by atoms with Crippen LogP contribution in [-0.2, 0) is 14.3 Å². The fourth-order valence-corrected chi connectivity index (χ4v) is 2.40. The summed E-state index contributed by atoms with van der Waals surface area (Å²) in [6.07, 6.45) is 3.24. The maximum Gasteiger partial charge on any atom is 0.242 e. The van der Waals surface area contributed by atoms with Gasteiger partial charge in [0, 0.05) is 39.7 Å². The third kappa shape index (κ3) is 5.46. The van der Waals surface area contributed by atoms with Crippen LogP contribution in [0.5, 0.6) is 0 Å². The van der Waals surface area contributed by atoms with Gasteiger partial charge in [-0.05, 0) is 19.3 Å². The van der Waals surface area contributed by atoms with E-state index in [1.54, 1.807) is 12.0 Å². The first-order valence-corrected chi connectivity index (χ1v) is 7.47. The Morgan fingerprint density at radius 2 is 2.05 bits per heavy atom. The first-order valence-electron chi connectivity index (χ1n) is 7.47. The highest BCUT2D eigenvalue weighted by Gasteiger charge is 2.30. The topological polar surface area (TPSA) is 70.7 Å². The Hall–Kier alpha value is -1.14. The molecule has 6 heteroatoms. The third-order valence-electron chi connectivity index (χ3n) is 3.51. The molecule has 1 saturated heterocycles. The molecule has 6 nitrogen and oxygen atoms in total. The summed E-state index contributed by atoms with van der Waals surface area (Å²) in [6, 6.07) is -0.282. The summed E-state index contributed by atoms with van der Waals surface area (Å²) in [5.74, 6) is 0.0445. The molecule has 1 aliphatic rings. The number of piperidine rings is 1. The van der Waals surface area contributed by atoms with Crippen molar-refractivity contribution in [3.63, 3.8) is 0 Å². The molecule has 2 N–H and O–H groups in total. The lowest BCUT2D eigenvalue weighted by Crippen LogP contribution is -2.52. The average molecular weight is 285 g/mol. The molecule has 0 aromatic heterocycles. The smallest absolute Gasteiger partial charge is 0.242 e. The van der Waals surface area contributed by atoms with Crippen molar-refractivity contribution < 1.29 is 14.3 Å². The van der Waals surface area contributed by atoms with E-state index in [4.69, 9.17) is 4.74 Å². The number of carbonyl (C=O) groups is 2. The van der Waals surface area contributed by atoms with Gasteiger partial charge in [0.15, 0.2) is 0 Å². The van der Waals surface area contributed by atoms with Crippen LogP contribution >= 0.6 is 0 Å². The molecule has 0 bridgehead atoms. The fourth-order valence-electron chi connectivity index (χ4n) is 2.40. The molecular weight excluding hydrogens is 258 g/mol. The van der Waals surface area contributed by atoms with E-state index in [2.05, 4.69) is 10.6 Å². The Morgan fingerprint density at radius 3 is 2.75 bits per heavy atom. The van der Waals surface area contributed by atoms with Crippen LogP contribution in [0.1, 0.15) is 32.6 Å². The minimum atomic E-state index is -0.282. The predicted octanol–water partition coefficient (Wildman–Crippen LogP) is 0.130. The van der Waals surface area contributed by atoms with Crippen molar-refractivity contribution in [1.82, 2.24) is 15.5 Å². The standard InChI is InChI=1S/C14H27N3O3/c1-3-13(18)17-10-5-4-6-12(17)14(19)16-8-7-15-9-11-20-2/h12,15H,3-11H2,1-2H3,(H,16,19). The van der Waals surface area contributed by atoms with E-state index in [0.29, 0.717) is 32.7 Å². The highest BCUT2D eigenvalue weighted by molar-refractivity contribution is 5.87. The molecule has 0 aromatic rings. The van der Waals surface area contributed by atoms with Crippen LogP contribution in [0.15, 0.2) is 0 Å². The largest absolute Gasteiger partial charge is 0.383 e. The van der Waals surface area contributed by atoms with Crippen molar-refractivity contribution in [2.24, 2.45) is 0 Å². The molecule has 0 saturated carbocycles. The molecule has 0 aliphatic carbocycles. The monoisotopic (exact) mass is 285 g/mol. The molecule has 1 unspecified atom stereocenters. The Bertz CT molecular complexity index is 310. The molecule has 2 amide bonds. The average Bonchev–Trinajstić information content (AvgIpc) is 2.49. The second-order valence-electron chi connectivity index (χ2n) is 4.99. The molecule has 0 aromatic carbocycles. The van der Waals surface area contributed by atoms with Crippen LogP contribution in [0.2, 0.25) is 0 Å². The Kier molecular flexibility index (Phi) is 8.22. The van der Waals surface area contributed by atoms with Crippen LogP contribution in [0.4, 0.5) is 0 Å². The minimum absolute atomic E-state index is 0.0277. The van der Waals surface area contributed by atoms with Gasteiger partial charge in [0.25, 0.3) is 0 Å². The van der Waals surface area contributed by atoms with Crippen LogP contribution in [-0.4, -0.2) is 62.7 Å². The lowest BCUT2D eigenvalue weighted by molar-refractivity contribution is -0.142. The van der Waals surface area contributed by atoms with Gasteiger partial charge in [0.1, 0.15) is 6.04 Å². The molecule has 1 heterocycles. The number of ether oxygens (including phenoxy) is 1. The van der Waals surface area contributed by atoms with E-state index < -0.39 is 0 Å². The van der Waals surface area contributed by atoms with E-state index in [0.717, 1.165) is 25.8 Å². The predicted molar refractivity (Wildman–Crippen MR) is 77.4 cm³/mol. The summed E-state index contributed by atoms with van der Waals surface area (Å²) < 4.78 is 4.92. The van der Waals surface area contributed by atoms with Gasteiger partial charge >= 0.3 is 0 Å². The zero-order valence-electron chi connectivity index (χ0n) is 12.6. The normalized spacial score (nSPS) is 18.9. The van der Waals surface area contributed by atoms with Crippen LogP contribution < -0.4 is 10.6 Å². The van der Waals surface area contributed by atoms with Gasteiger partial charge in [-0.2, -0.15) is 0 Å². The molecule has 20 heavy (non-hydrogen) atoms. The lowest BCUT2D eigenvalue weighted by Gasteiger charge is -2.34. The highest BCUT2D eigenvalue weighted by atomic mass is 16.5. The quantitative estimate of drug-likeness (QED) is 0.622. The first kappa shape index (κ1) is 16.9. The van der Waals surface area contributed by atoms with Gasteiger partial charge in [-0.25, -0.2) is 0 Å². The summed E-state index contributed by atoms with van der Waals surface area (Å²) in [5.41, 5.74) is 0. The summed E-state index contributed by atoms with van der Waals surface area (Å²) in [5, 5.41) is 6.07. The van der Waals surface area contributed by atoms with Crippen molar-refractivity contribution in [2.75, 3.05) is 39.9 Å². The first-order chi connectivity index (χ1) is 9.70. The fraction of sp³-hybridized carbons (Fsp3) is 0.857. The number of methoxy groups -OCH3 is 1. The van der Waals surface area contributed by atoms with Crippen molar-refractivity contribution in [3.05, 3.63) is 0 Å². The van der Waals surface area contributed by atoms with E-state index in [-0.39, 0.29) is 17.9 Å². The third-order valence-corrected chi connectivity index (χ3v) is 3.51. The van der Waals surface area contributed by atoms with Crippen molar-refractivity contribution in [1.29, 1.82) is 0 Å². The number of amides is 2. The van der Waals surface area contributed by atoms with Crippen LogP contribution in [0.3, 0.4) is 0 Å². The van der Waals surface area contributed by atoms with Gasteiger partial charge in [-0.15, -0.1) is 0 Å². The second kappa shape index (κ2) is 9.72. The van der Waals surface area contributed by atoms with Gasteiger partial charge in [0.05, 0.1) is 6.61 Å². The number of hydrogen-bond acceptors (Lipinski definition) is 4. The number of carbonyl (C=O) groups excluding carboxylic acids is 2. The van der Waals surface area contributed by atoms with Gasteiger partial charge in [-0.3, -0.25) is 9.59 Å². The number of nitrogens with one attached hydrogen (secondary N) is 2. The highest BCUT2D eigenvalue weighted by Crippen LogP contribution is 2.18. The van der Waals surface area contributed by atoms with E-state index >= 15 is 0 Å². The molecule has 1 fully saturated rings. The maximum atomic E-state index is 12.2. The Balaban J connectivity index is 2.30. The molecule has 1 rings (SSSR count). The number of nitrogens with zero attached hydrogens (tertiary/aromatic N) is 1. The zero-order chi connectivity index (χ0) is 14.8. The molecule has 1 aliphatic heterocycles. The summed E-state index contributed by atoms with van der Waals surface area (Å²) in [6.45, 7) is 5.27. The van der Waals surface area contributed by atoms with Crippen molar-refractivity contribution >= 4 is 11.8 Å². The van der Waals surface area contributed by atoms with Crippen molar-refractivity contribution in [2.45, 2.75) is 38.6 Å². The number of rotatable bonds is 8. The van der Waals surface area contributed by atoms with E-state index in [1.807, 2.05) is 6.92 Å². The van der Waals surface area contributed by atoms with Crippen LogP contribution in [0.25, 0.3) is 0 Å². The second-order valence-corrected chi connectivity index (χ2v) is 4.99. The van der Waals surface area contributed by atoms with Crippen LogP contribution in [0, 0.1) is 0 Å². The van der Waals surface area contributed by atoms with Crippen molar-refractivity contribution in [3.8, 4) is 0 Å². The summed E-state index contributed by atoms with van der Waals surface area (Å²) in [7, 11) is 1.66. The zero-order valence-corrected chi connectivity index (χ0v) is 12.6. The van der Waals surface area contributed by atoms with Gasteiger partial charge in [-0.1, -0.05) is 6.92 Å². The number of hydrogen-bond donors (Lipinski definition) is 2.